The second-order valence-electron chi connectivity index (χ2n) is 2.67. The quantitative estimate of drug-likeness (QED) is 0.632. The number of carboxylic acids is 1. The molecular weight excluding hydrogens is 156 g/mol. The summed E-state index contributed by atoms with van der Waals surface area (Å²) < 4.78 is 0. The second kappa shape index (κ2) is 3.40. The molecule has 0 fully saturated rings. The molecule has 4 nitrogen and oxygen atoms in total. The van der Waals surface area contributed by atoms with Crippen LogP contribution in [0.3, 0.4) is 0 Å². The van der Waals surface area contributed by atoms with Gasteiger partial charge in [-0.15, -0.1) is 0 Å². The Morgan fingerprint density at radius 2 is 2.50 bits per heavy atom. The molecule has 0 bridgehead atoms. The molecule has 1 rings (SSSR count). The summed E-state index contributed by atoms with van der Waals surface area (Å²) in [4.78, 5) is 13.1. The number of rotatable bonds is 3. The number of hydrogen-bond acceptors (Lipinski definition) is 2. The smallest absolute Gasteiger partial charge is 0.352 e. The van der Waals surface area contributed by atoms with Gasteiger partial charge in [0.1, 0.15) is 5.69 Å². The molecule has 0 saturated heterocycles. The van der Waals surface area contributed by atoms with Gasteiger partial charge < -0.3 is 15.8 Å². The topological polar surface area (TPSA) is 79.1 Å². The Kier molecular flexibility index (Phi) is 2.50. The molecule has 0 aliphatic rings. The molecule has 4 N–H and O–H groups in total. The van der Waals surface area contributed by atoms with E-state index in [0.29, 0.717) is 0 Å². The molecule has 1 aromatic heterocycles. The SMILES string of the molecule is CC[C@H](N)c1c[nH]c(C(=O)O)c1. The number of hydrogen-bond donors (Lipinski definition) is 3. The predicted molar refractivity (Wildman–Crippen MR) is 45.0 cm³/mol. The van der Waals surface area contributed by atoms with E-state index >= 15 is 0 Å². The summed E-state index contributed by atoms with van der Waals surface area (Å²) in [5.41, 5.74) is 6.73. The molecule has 0 aliphatic heterocycles. The third kappa shape index (κ3) is 1.65. The number of nitrogens with one attached hydrogen (secondary N) is 1. The lowest BCUT2D eigenvalue weighted by Gasteiger charge is -2.03. The van der Waals surface area contributed by atoms with Gasteiger partial charge in [0.2, 0.25) is 0 Å². The standard InChI is InChI=1S/C8H12N2O2/c1-2-6(9)5-3-7(8(11)12)10-4-5/h3-4,6,10H,2,9H2,1H3,(H,11,12)/t6-/m0/s1. The fraction of sp³-hybridized carbons (Fsp3) is 0.375. The monoisotopic (exact) mass is 168 g/mol. The van der Waals surface area contributed by atoms with E-state index in [1.165, 1.54) is 0 Å². The average Bonchev–Trinajstić information content (AvgIpc) is 2.51. The van der Waals surface area contributed by atoms with Crippen molar-refractivity contribution < 1.29 is 9.90 Å². The maximum atomic E-state index is 10.5. The lowest BCUT2D eigenvalue weighted by molar-refractivity contribution is 0.0691. The minimum atomic E-state index is -0.954. The Morgan fingerprint density at radius 1 is 1.83 bits per heavy atom. The van der Waals surface area contributed by atoms with Crippen molar-refractivity contribution in [3.63, 3.8) is 0 Å². The third-order valence-electron chi connectivity index (χ3n) is 1.80. The summed E-state index contributed by atoms with van der Waals surface area (Å²) in [5.74, 6) is -0.954. The summed E-state index contributed by atoms with van der Waals surface area (Å²) in [6.45, 7) is 1.96. The zero-order chi connectivity index (χ0) is 9.14. The molecule has 0 amide bonds. The highest BCUT2D eigenvalue weighted by atomic mass is 16.4. The maximum absolute atomic E-state index is 10.5. The fourth-order valence-electron chi connectivity index (χ4n) is 0.984. The van der Waals surface area contributed by atoms with Crippen molar-refractivity contribution in [3.05, 3.63) is 23.5 Å². The average molecular weight is 168 g/mol. The van der Waals surface area contributed by atoms with Gasteiger partial charge in [-0.25, -0.2) is 4.79 Å². The van der Waals surface area contributed by atoms with E-state index in [2.05, 4.69) is 4.98 Å². The van der Waals surface area contributed by atoms with Gasteiger partial charge in [0.25, 0.3) is 0 Å². The van der Waals surface area contributed by atoms with Crippen molar-refractivity contribution >= 4 is 5.97 Å². The van der Waals surface area contributed by atoms with Gasteiger partial charge in [-0.2, -0.15) is 0 Å². The van der Waals surface area contributed by atoms with Gasteiger partial charge in [-0.05, 0) is 18.1 Å². The summed E-state index contributed by atoms with van der Waals surface area (Å²) in [6, 6.07) is 1.49. The lowest BCUT2D eigenvalue weighted by Crippen LogP contribution is -2.07. The van der Waals surface area contributed by atoms with Crippen LogP contribution in [0.2, 0.25) is 0 Å². The first-order chi connectivity index (χ1) is 5.65. The third-order valence-corrected chi connectivity index (χ3v) is 1.80. The summed E-state index contributed by atoms with van der Waals surface area (Å²) in [7, 11) is 0. The number of H-pyrrole nitrogens is 1. The van der Waals surface area contributed by atoms with Gasteiger partial charge in [-0.1, -0.05) is 6.92 Å². The molecule has 1 aromatic rings. The Bertz CT molecular complexity index is 280. The molecule has 0 aromatic carbocycles. The zero-order valence-corrected chi connectivity index (χ0v) is 6.87. The van der Waals surface area contributed by atoms with Crippen LogP contribution in [0.1, 0.15) is 35.4 Å². The van der Waals surface area contributed by atoms with Crippen LogP contribution >= 0.6 is 0 Å². The number of nitrogens with two attached hydrogens (primary N) is 1. The first-order valence-electron chi connectivity index (χ1n) is 3.82. The van der Waals surface area contributed by atoms with Crippen molar-refractivity contribution in [2.75, 3.05) is 0 Å². The maximum Gasteiger partial charge on any atom is 0.352 e. The molecule has 1 atom stereocenters. The van der Waals surface area contributed by atoms with Crippen LogP contribution in [-0.2, 0) is 0 Å². The van der Waals surface area contributed by atoms with E-state index in [1.54, 1.807) is 12.3 Å². The van der Waals surface area contributed by atoms with E-state index in [-0.39, 0.29) is 11.7 Å². The van der Waals surface area contributed by atoms with Crippen molar-refractivity contribution in [1.29, 1.82) is 0 Å². The Labute approximate surface area is 70.4 Å². The highest BCUT2D eigenvalue weighted by molar-refractivity contribution is 5.85. The van der Waals surface area contributed by atoms with Gasteiger partial charge in [0.15, 0.2) is 0 Å². The minimum absolute atomic E-state index is 0.0747. The van der Waals surface area contributed by atoms with E-state index in [9.17, 15) is 4.79 Å². The zero-order valence-electron chi connectivity index (χ0n) is 6.87. The molecule has 0 unspecified atom stereocenters. The molecule has 66 valence electrons. The van der Waals surface area contributed by atoms with Crippen LogP contribution in [0.5, 0.6) is 0 Å². The number of aromatic nitrogens is 1. The van der Waals surface area contributed by atoms with Crippen LogP contribution in [0.4, 0.5) is 0 Å². The highest BCUT2D eigenvalue weighted by Gasteiger charge is 2.09. The minimum Gasteiger partial charge on any atom is -0.477 e. The molecule has 1 heterocycles. The first-order valence-corrected chi connectivity index (χ1v) is 3.82. The number of aromatic amines is 1. The van der Waals surface area contributed by atoms with Gasteiger partial charge in [0.05, 0.1) is 0 Å². The van der Waals surface area contributed by atoms with E-state index in [0.717, 1.165) is 12.0 Å². The Morgan fingerprint density at radius 3 is 2.92 bits per heavy atom. The molecule has 0 saturated carbocycles. The van der Waals surface area contributed by atoms with Gasteiger partial charge in [0, 0.05) is 12.2 Å². The van der Waals surface area contributed by atoms with Crippen molar-refractivity contribution in [2.24, 2.45) is 5.73 Å². The number of aromatic carboxylic acids is 1. The molecule has 12 heavy (non-hydrogen) atoms. The van der Waals surface area contributed by atoms with E-state index in [4.69, 9.17) is 10.8 Å². The Balaban J connectivity index is 2.84. The van der Waals surface area contributed by atoms with Crippen LogP contribution in [0.15, 0.2) is 12.3 Å². The highest BCUT2D eigenvalue weighted by Crippen LogP contribution is 2.14. The number of carboxylic acid groups (broad SMARTS) is 1. The summed E-state index contributed by atoms with van der Waals surface area (Å²) >= 11 is 0. The molecule has 0 spiro atoms. The number of carbonyl (C=O) groups is 1. The molecule has 0 aliphatic carbocycles. The summed E-state index contributed by atoms with van der Waals surface area (Å²) in [6.07, 6.45) is 2.44. The van der Waals surface area contributed by atoms with Crippen LogP contribution in [0.25, 0.3) is 0 Å². The van der Waals surface area contributed by atoms with Crippen LogP contribution in [0, 0.1) is 0 Å². The first kappa shape index (κ1) is 8.80. The van der Waals surface area contributed by atoms with E-state index < -0.39 is 5.97 Å². The summed E-state index contributed by atoms with van der Waals surface area (Å²) in [5, 5.41) is 8.58. The van der Waals surface area contributed by atoms with Gasteiger partial charge >= 0.3 is 5.97 Å². The lowest BCUT2D eigenvalue weighted by atomic mass is 10.1. The predicted octanol–water partition coefficient (Wildman–Crippen LogP) is 1.12. The van der Waals surface area contributed by atoms with Crippen LogP contribution in [-0.4, -0.2) is 16.1 Å². The van der Waals surface area contributed by atoms with Crippen molar-refractivity contribution in [2.45, 2.75) is 19.4 Å². The van der Waals surface area contributed by atoms with Gasteiger partial charge in [-0.3, -0.25) is 0 Å². The Hall–Kier alpha value is -1.29. The second-order valence-corrected chi connectivity index (χ2v) is 2.67. The molecule has 4 heteroatoms. The molecular formula is C8H12N2O2. The fourth-order valence-corrected chi connectivity index (χ4v) is 0.984. The molecule has 0 radical (unpaired) electrons. The van der Waals surface area contributed by atoms with Crippen LogP contribution < -0.4 is 5.73 Å². The normalized spacial score (nSPS) is 12.8. The van der Waals surface area contributed by atoms with Crippen molar-refractivity contribution in [3.8, 4) is 0 Å². The van der Waals surface area contributed by atoms with Crippen molar-refractivity contribution in [1.82, 2.24) is 4.98 Å². The van der Waals surface area contributed by atoms with E-state index in [1.807, 2.05) is 6.92 Å². The largest absolute Gasteiger partial charge is 0.477 e.